The molecular formula is C22H30N2O4. The van der Waals surface area contributed by atoms with Gasteiger partial charge in [0.2, 0.25) is 0 Å². The van der Waals surface area contributed by atoms with Crippen molar-refractivity contribution in [2.75, 3.05) is 46.4 Å². The molecule has 1 aliphatic carbocycles. The van der Waals surface area contributed by atoms with Crippen LogP contribution in [0.5, 0.6) is 11.5 Å². The highest BCUT2D eigenvalue weighted by molar-refractivity contribution is 5.97. The molecule has 1 amide bonds. The molecule has 0 radical (unpaired) electrons. The second-order valence-corrected chi connectivity index (χ2v) is 8.01. The maximum absolute atomic E-state index is 12.9. The summed E-state index contributed by atoms with van der Waals surface area (Å²) in [6.07, 6.45) is 5.67. The first-order valence-electron chi connectivity index (χ1n) is 10.3. The molecule has 6 heteroatoms. The van der Waals surface area contributed by atoms with E-state index in [1.807, 2.05) is 0 Å². The smallest absolute Gasteiger partial charge is 0.257 e. The van der Waals surface area contributed by atoms with Crippen molar-refractivity contribution in [2.24, 2.45) is 0 Å². The minimum atomic E-state index is -0.561. The van der Waals surface area contributed by atoms with Gasteiger partial charge in [0.25, 0.3) is 5.91 Å². The highest BCUT2D eigenvalue weighted by atomic mass is 16.5. The van der Waals surface area contributed by atoms with Gasteiger partial charge in [0, 0.05) is 32.2 Å². The molecule has 1 atom stereocenters. The Morgan fingerprint density at radius 1 is 1.14 bits per heavy atom. The molecule has 1 N–H and O–H groups in total. The molecule has 0 saturated carbocycles. The number of benzene rings is 1. The SMILES string of the molecule is COc1ccc2c(c1)OCCN(CC(O)CN1CCC3=C(CCCC3)C1)C2=O. The van der Waals surface area contributed by atoms with E-state index in [-0.39, 0.29) is 5.91 Å². The van der Waals surface area contributed by atoms with Gasteiger partial charge in [-0.3, -0.25) is 9.69 Å². The van der Waals surface area contributed by atoms with Crippen molar-refractivity contribution in [3.05, 3.63) is 34.9 Å². The van der Waals surface area contributed by atoms with Crippen molar-refractivity contribution in [3.8, 4) is 11.5 Å². The second kappa shape index (κ2) is 8.53. The molecule has 1 aromatic carbocycles. The Bertz CT molecular complexity index is 761. The number of nitrogens with zero attached hydrogens (tertiary/aromatic N) is 2. The molecule has 6 nitrogen and oxygen atoms in total. The van der Waals surface area contributed by atoms with Gasteiger partial charge in [0.1, 0.15) is 18.1 Å². The summed E-state index contributed by atoms with van der Waals surface area (Å²) in [6.45, 7) is 3.81. The summed E-state index contributed by atoms with van der Waals surface area (Å²) >= 11 is 0. The fourth-order valence-corrected chi connectivity index (χ4v) is 4.57. The van der Waals surface area contributed by atoms with Gasteiger partial charge in [-0.05, 0) is 44.2 Å². The van der Waals surface area contributed by atoms with Crippen molar-refractivity contribution in [1.82, 2.24) is 9.80 Å². The van der Waals surface area contributed by atoms with E-state index in [1.54, 1.807) is 41.4 Å². The van der Waals surface area contributed by atoms with E-state index in [2.05, 4.69) is 4.90 Å². The molecule has 4 rings (SSSR count). The maximum atomic E-state index is 12.9. The minimum absolute atomic E-state index is 0.0925. The van der Waals surface area contributed by atoms with Gasteiger partial charge in [-0.15, -0.1) is 0 Å². The van der Waals surface area contributed by atoms with Crippen LogP contribution in [0, 0.1) is 0 Å². The Hall–Kier alpha value is -2.05. The minimum Gasteiger partial charge on any atom is -0.497 e. The molecule has 0 saturated heterocycles. The Morgan fingerprint density at radius 2 is 1.96 bits per heavy atom. The number of fused-ring (bicyclic) bond motifs is 1. The molecule has 2 heterocycles. The zero-order valence-corrected chi connectivity index (χ0v) is 16.7. The fraction of sp³-hybridized carbons (Fsp3) is 0.591. The molecule has 152 valence electrons. The van der Waals surface area contributed by atoms with Crippen LogP contribution in [0.15, 0.2) is 29.3 Å². The van der Waals surface area contributed by atoms with E-state index in [1.165, 1.54) is 25.7 Å². The van der Waals surface area contributed by atoms with E-state index in [4.69, 9.17) is 9.47 Å². The van der Waals surface area contributed by atoms with Gasteiger partial charge in [0.15, 0.2) is 0 Å². The third-order valence-corrected chi connectivity index (χ3v) is 6.08. The lowest BCUT2D eigenvalue weighted by atomic mass is 9.87. The number of carbonyl (C=O) groups excluding carboxylic acids is 1. The van der Waals surface area contributed by atoms with E-state index < -0.39 is 6.10 Å². The molecule has 28 heavy (non-hydrogen) atoms. The molecule has 0 spiro atoms. The first-order chi connectivity index (χ1) is 13.6. The molecule has 3 aliphatic rings. The van der Waals surface area contributed by atoms with Gasteiger partial charge in [-0.2, -0.15) is 0 Å². The van der Waals surface area contributed by atoms with Crippen molar-refractivity contribution in [1.29, 1.82) is 0 Å². The molecule has 0 bridgehead atoms. The van der Waals surface area contributed by atoms with Crippen LogP contribution >= 0.6 is 0 Å². The Morgan fingerprint density at radius 3 is 2.79 bits per heavy atom. The van der Waals surface area contributed by atoms with Crippen LogP contribution in [0.3, 0.4) is 0 Å². The zero-order chi connectivity index (χ0) is 19.5. The summed E-state index contributed by atoms with van der Waals surface area (Å²) in [7, 11) is 1.59. The third-order valence-electron chi connectivity index (χ3n) is 6.08. The van der Waals surface area contributed by atoms with Gasteiger partial charge in [-0.1, -0.05) is 11.1 Å². The third kappa shape index (κ3) is 4.18. The summed E-state index contributed by atoms with van der Waals surface area (Å²) in [5.74, 6) is 1.13. The van der Waals surface area contributed by atoms with Gasteiger partial charge in [-0.25, -0.2) is 0 Å². The monoisotopic (exact) mass is 386 g/mol. The van der Waals surface area contributed by atoms with Gasteiger partial charge >= 0.3 is 0 Å². The van der Waals surface area contributed by atoms with Gasteiger partial charge < -0.3 is 19.5 Å². The summed E-state index contributed by atoms with van der Waals surface area (Å²) < 4.78 is 11.0. The number of hydrogen-bond acceptors (Lipinski definition) is 5. The van der Waals surface area contributed by atoms with Crippen LogP contribution in [0.2, 0.25) is 0 Å². The van der Waals surface area contributed by atoms with Crippen LogP contribution in [-0.4, -0.2) is 73.4 Å². The van der Waals surface area contributed by atoms with Crippen LogP contribution < -0.4 is 9.47 Å². The number of ether oxygens (including phenoxy) is 2. The topological polar surface area (TPSA) is 62.2 Å². The number of aliphatic hydroxyl groups is 1. The van der Waals surface area contributed by atoms with Crippen molar-refractivity contribution in [3.63, 3.8) is 0 Å². The number of amides is 1. The maximum Gasteiger partial charge on any atom is 0.257 e. The van der Waals surface area contributed by atoms with Crippen molar-refractivity contribution < 1.29 is 19.4 Å². The quantitative estimate of drug-likeness (QED) is 0.788. The van der Waals surface area contributed by atoms with E-state index in [0.29, 0.717) is 43.3 Å². The molecule has 1 aromatic rings. The van der Waals surface area contributed by atoms with Crippen LogP contribution in [0.1, 0.15) is 42.5 Å². The largest absolute Gasteiger partial charge is 0.497 e. The molecule has 0 aromatic heterocycles. The van der Waals surface area contributed by atoms with E-state index >= 15 is 0 Å². The van der Waals surface area contributed by atoms with E-state index in [0.717, 1.165) is 19.5 Å². The number of hydrogen-bond donors (Lipinski definition) is 1. The predicted molar refractivity (Wildman–Crippen MR) is 107 cm³/mol. The van der Waals surface area contributed by atoms with Crippen LogP contribution in [0.4, 0.5) is 0 Å². The predicted octanol–water partition coefficient (Wildman–Crippen LogP) is 2.47. The summed E-state index contributed by atoms with van der Waals surface area (Å²) in [5.41, 5.74) is 3.77. The van der Waals surface area contributed by atoms with Crippen LogP contribution in [0.25, 0.3) is 0 Å². The summed E-state index contributed by atoms with van der Waals surface area (Å²) in [6, 6.07) is 5.25. The van der Waals surface area contributed by atoms with Gasteiger partial charge in [0.05, 0.1) is 25.3 Å². The molecular weight excluding hydrogens is 356 g/mol. The summed E-state index contributed by atoms with van der Waals surface area (Å²) in [5, 5.41) is 10.7. The fourth-order valence-electron chi connectivity index (χ4n) is 4.57. The zero-order valence-electron chi connectivity index (χ0n) is 16.7. The Labute approximate surface area is 166 Å². The van der Waals surface area contributed by atoms with Crippen molar-refractivity contribution in [2.45, 2.75) is 38.2 Å². The second-order valence-electron chi connectivity index (χ2n) is 8.01. The van der Waals surface area contributed by atoms with Crippen LogP contribution in [-0.2, 0) is 0 Å². The lowest BCUT2D eigenvalue weighted by Gasteiger charge is -2.35. The average Bonchev–Trinajstić information content (AvgIpc) is 2.86. The molecule has 1 unspecified atom stereocenters. The first-order valence-corrected chi connectivity index (χ1v) is 10.3. The number of rotatable bonds is 5. The number of methoxy groups -OCH3 is 1. The lowest BCUT2D eigenvalue weighted by Crippen LogP contribution is -2.45. The molecule has 0 fully saturated rings. The lowest BCUT2D eigenvalue weighted by molar-refractivity contribution is 0.0521. The number of aliphatic hydroxyl groups excluding tert-OH is 1. The highest BCUT2D eigenvalue weighted by Gasteiger charge is 2.27. The number of carbonyl (C=O) groups is 1. The van der Waals surface area contributed by atoms with E-state index in [9.17, 15) is 9.90 Å². The highest BCUT2D eigenvalue weighted by Crippen LogP contribution is 2.31. The van der Waals surface area contributed by atoms with Crippen molar-refractivity contribution >= 4 is 5.91 Å². The first kappa shape index (κ1) is 19.3. The average molecular weight is 386 g/mol. The number of β-amino-alcohol motifs (C(OH)–C–C–N with tert-alkyl or cyclic N) is 1. The standard InChI is InChI=1S/C22H30N2O4/c1-27-19-6-7-20-21(12-19)28-11-10-24(22(20)26)15-18(25)14-23-9-8-16-4-2-3-5-17(16)13-23/h6-7,12,18,25H,2-5,8-11,13-15H2,1H3. The summed E-state index contributed by atoms with van der Waals surface area (Å²) in [4.78, 5) is 17.0. The Balaban J connectivity index is 1.37. The Kier molecular flexibility index (Phi) is 5.87. The molecule has 2 aliphatic heterocycles. The normalized spacial score (nSPS) is 21.5.